The number of carbonyl (C=O) groups is 1. The van der Waals surface area contributed by atoms with Crippen LogP contribution in [0.15, 0.2) is 12.1 Å². The smallest absolute Gasteiger partial charge is 0.236 e. The van der Waals surface area contributed by atoms with E-state index in [1.54, 1.807) is 34.4 Å². The fourth-order valence-corrected chi connectivity index (χ4v) is 5.16. The third-order valence-electron chi connectivity index (χ3n) is 2.95. The Labute approximate surface area is 134 Å². The molecule has 0 spiro atoms. The van der Waals surface area contributed by atoms with Gasteiger partial charge in [0.05, 0.1) is 15.8 Å². The molecule has 106 valence electrons. The molecular weight excluding hydrogens is 332 g/mol. The van der Waals surface area contributed by atoms with Gasteiger partial charge in [0, 0.05) is 15.5 Å². The average molecular weight is 345 g/mol. The van der Waals surface area contributed by atoms with Gasteiger partial charge in [-0.25, -0.2) is 4.98 Å². The van der Waals surface area contributed by atoms with Crippen molar-refractivity contribution in [2.45, 2.75) is 25.0 Å². The Bertz CT molecular complexity index is 601. The van der Waals surface area contributed by atoms with E-state index >= 15 is 0 Å². The molecule has 0 aliphatic heterocycles. The number of hydrogen-bond acceptors (Lipinski definition) is 5. The van der Waals surface area contributed by atoms with Crippen LogP contribution in [0, 0.1) is 0 Å². The van der Waals surface area contributed by atoms with Crippen molar-refractivity contribution in [3.63, 3.8) is 0 Å². The second kappa shape index (κ2) is 6.47. The van der Waals surface area contributed by atoms with Crippen LogP contribution in [0.1, 0.15) is 21.9 Å². The van der Waals surface area contributed by atoms with Gasteiger partial charge in [-0.2, -0.15) is 0 Å². The van der Waals surface area contributed by atoms with Gasteiger partial charge in [0.25, 0.3) is 0 Å². The van der Waals surface area contributed by atoms with E-state index in [9.17, 15) is 4.79 Å². The van der Waals surface area contributed by atoms with Crippen LogP contribution in [0.2, 0.25) is 4.34 Å². The minimum absolute atomic E-state index is 0.0186. The molecule has 1 N–H and O–H groups in total. The van der Waals surface area contributed by atoms with Gasteiger partial charge in [0.15, 0.2) is 5.13 Å². The Hall–Kier alpha value is -0.560. The number of thioether (sulfide) groups is 1. The number of nitrogens with zero attached hydrogens (tertiary/aromatic N) is 1. The average Bonchev–Trinajstić information content (AvgIpc) is 3.05. The number of carbonyl (C=O) groups excluding carboxylic acids is 1. The lowest BCUT2D eigenvalue weighted by molar-refractivity contribution is -0.113. The van der Waals surface area contributed by atoms with Crippen LogP contribution in [0.4, 0.5) is 5.13 Å². The molecule has 1 aliphatic rings. The first-order chi connectivity index (χ1) is 9.70. The molecule has 2 heterocycles. The maximum Gasteiger partial charge on any atom is 0.236 e. The largest absolute Gasteiger partial charge is 0.301 e. The van der Waals surface area contributed by atoms with Gasteiger partial charge < -0.3 is 5.32 Å². The van der Waals surface area contributed by atoms with Crippen LogP contribution in [-0.2, 0) is 23.4 Å². The predicted octanol–water partition coefficient (Wildman–Crippen LogP) is 4.22. The SMILES string of the molecule is O=C(CSCc1ccc(Cl)s1)Nc1nc2c(s1)CCC2. The third-order valence-corrected chi connectivity index (χ3v) is 6.42. The quantitative estimate of drug-likeness (QED) is 0.883. The van der Waals surface area contributed by atoms with Gasteiger partial charge in [-0.15, -0.1) is 34.4 Å². The predicted molar refractivity (Wildman–Crippen MR) is 88.3 cm³/mol. The fourth-order valence-electron chi connectivity index (χ4n) is 2.07. The molecule has 2 aromatic rings. The molecule has 0 aromatic carbocycles. The number of nitrogens with one attached hydrogen (secondary N) is 1. The summed E-state index contributed by atoms with van der Waals surface area (Å²) in [4.78, 5) is 18.8. The first kappa shape index (κ1) is 14.4. The monoisotopic (exact) mass is 344 g/mol. The lowest BCUT2D eigenvalue weighted by atomic mass is 10.4. The lowest BCUT2D eigenvalue weighted by Gasteiger charge is -2.01. The van der Waals surface area contributed by atoms with Crippen LogP contribution in [0.25, 0.3) is 0 Å². The highest BCUT2D eigenvalue weighted by atomic mass is 35.5. The number of rotatable bonds is 5. The summed E-state index contributed by atoms with van der Waals surface area (Å²) >= 11 is 10.6. The summed E-state index contributed by atoms with van der Waals surface area (Å²) in [7, 11) is 0. The maximum absolute atomic E-state index is 11.8. The summed E-state index contributed by atoms with van der Waals surface area (Å²) in [5, 5.41) is 3.64. The van der Waals surface area contributed by atoms with Gasteiger partial charge >= 0.3 is 0 Å². The molecule has 3 nitrogen and oxygen atoms in total. The van der Waals surface area contributed by atoms with Gasteiger partial charge in [-0.05, 0) is 31.4 Å². The first-order valence-electron chi connectivity index (χ1n) is 6.31. The van der Waals surface area contributed by atoms with E-state index < -0.39 is 0 Å². The number of amides is 1. The standard InChI is InChI=1S/C13H13ClN2OS3/c14-11-5-4-8(19-11)6-18-7-12(17)16-13-15-9-2-1-3-10(9)20-13/h4-5H,1-3,6-7H2,(H,15,16,17). The van der Waals surface area contributed by atoms with Crippen LogP contribution in [-0.4, -0.2) is 16.6 Å². The van der Waals surface area contributed by atoms with E-state index in [4.69, 9.17) is 11.6 Å². The number of thiazole rings is 1. The molecular formula is C13H13ClN2OS3. The van der Waals surface area contributed by atoms with Gasteiger partial charge in [-0.3, -0.25) is 4.79 Å². The number of halogens is 1. The van der Waals surface area contributed by atoms with Crippen LogP contribution in [0.3, 0.4) is 0 Å². The second-order valence-electron chi connectivity index (χ2n) is 4.49. The Morgan fingerprint density at radius 2 is 2.30 bits per heavy atom. The molecule has 0 fully saturated rings. The van der Waals surface area contributed by atoms with E-state index in [0.29, 0.717) is 5.75 Å². The van der Waals surface area contributed by atoms with Crippen molar-refractivity contribution < 1.29 is 4.79 Å². The second-order valence-corrected chi connectivity index (χ2v) is 8.36. The highest BCUT2D eigenvalue weighted by molar-refractivity contribution is 7.99. The molecule has 0 saturated carbocycles. The number of aryl methyl sites for hydroxylation is 2. The van der Waals surface area contributed by atoms with Crippen molar-refractivity contribution in [1.82, 2.24) is 4.98 Å². The molecule has 0 saturated heterocycles. The van der Waals surface area contributed by atoms with E-state index in [1.165, 1.54) is 21.9 Å². The fraction of sp³-hybridized carbons (Fsp3) is 0.385. The van der Waals surface area contributed by atoms with Crippen LogP contribution >= 0.6 is 46.0 Å². The maximum atomic E-state index is 11.8. The summed E-state index contributed by atoms with van der Waals surface area (Å²) in [6.45, 7) is 0. The van der Waals surface area contributed by atoms with Gasteiger partial charge in [-0.1, -0.05) is 11.6 Å². The van der Waals surface area contributed by atoms with Crippen molar-refractivity contribution in [1.29, 1.82) is 0 Å². The molecule has 3 rings (SSSR count). The first-order valence-corrected chi connectivity index (χ1v) is 9.47. The van der Waals surface area contributed by atoms with Crippen molar-refractivity contribution >= 4 is 57.1 Å². The Morgan fingerprint density at radius 3 is 3.05 bits per heavy atom. The molecule has 7 heteroatoms. The Morgan fingerprint density at radius 1 is 1.40 bits per heavy atom. The van der Waals surface area contributed by atoms with Crippen LogP contribution < -0.4 is 5.32 Å². The Kier molecular flexibility index (Phi) is 4.65. The topological polar surface area (TPSA) is 42.0 Å². The highest BCUT2D eigenvalue weighted by Gasteiger charge is 2.17. The molecule has 20 heavy (non-hydrogen) atoms. The number of fused-ring (bicyclic) bond motifs is 1. The molecule has 1 aliphatic carbocycles. The van der Waals surface area contributed by atoms with Gasteiger partial charge in [0.1, 0.15) is 0 Å². The zero-order chi connectivity index (χ0) is 13.9. The molecule has 0 unspecified atom stereocenters. The lowest BCUT2D eigenvalue weighted by Crippen LogP contribution is -2.14. The van der Waals surface area contributed by atoms with Gasteiger partial charge in [0.2, 0.25) is 5.91 Å². The summed E-state index contributed by atoms with van der Waals surface area (Å²) in [5.74, 6) is 1.28. The molecule has 0 bridgehead atoms. The zero-order valence-electron chi connectivity index (χ0n) is 10.6. The van der Waals surface area contributed by atoms with E-state index in [2.05, 4.69) is 10.3 Å². The molecule has 1 amide bonds. The summed E-state index contributed by atoms with van der Waals surface area (Å²) in [6, 6.07) is 3.89. The Balaban J connectivity index is 1.45. The number of anilines is 1. The van der Waals surface area contributed by atoms with Crippen molar-refractivity contribution in [2.24, 2.45) is 0 Å². The van der Waals surface area contributed by atoms with Crippen LogP contribution in [0.5, 0.6) is 0 Å². The third kappa shape index (κ3) is 3.55. The molecule has 0 atom stereocenters. The molecule has 0 radical (unpaired) electrons. The van der Waals surface area contributed by atoms with E-state index in [0.717, 1.165) is 28.1 Å². The minimum Gasteiger partial charge on any atom is -0.301 e. The number of thiophene rings is 1. The summed E-state index contributed by atoms with van der Waals surface area (Å²) < 4.78 is 0.794. The normalized spacial score (nSPS) is 13.4. The number of aromatic nitrogens is 1. The minimum atomic E-state index is 0.0186. The van der Waals surface area contributed by atoms with E-state index in [-0.39, 0.29) is 5.91 Å². The van der Waals surface area contributed by atoms with Crippen molar-refractivity contribution in [3.8, 4) is 0 Å². The highest BCUT2D eigenvalue weighted by Crippen LogP contribution is 2.30. The van der Waals surface area contributed by atoms with Crippen molar-refractivity contribution in [2.75, 3.05) is 11.1 Å². The summed E-state index contributed by atoms with van der Waals surface area (Å²) in [5.41, 5.74) is 1.17. The zero-order valence-corrected chi connectivity index (χ0v) is 13.9. The molecule has 2 aromatic heterocycles. The number of hydrogen-bond donors (Lipinski definition) is 1. The van der Waals surface area contributed by atoms with Crippen molar-refractivity contribution in [3.05, 3.63) is 31.9 Å². The van der Waals surface area contributed by atoms with E-state index in [1.807, 2.05) is 12.1 Å². The summed E-state index contributed by atoms with van der Waals surface area (Å²) in [6.07, 6.45) is 3.36.